The van der Waals surface area contributed by atoms with Crippen molar-refractivity contribution in [3.63, 3.8) is 0 Å². The molecule has 2 rings (SSSR count). The number of carbonyl (C=O) groups is 1. The highest BCUT2D eigenvalue weighted by Gasteiger charge is 2.18. The van der Waals surface area contributed by atoms with Crippen molar-refractivity contribution in [1.82, 2.24) is 10.6 Å². The van der Waals surface area contributed by atoms with E-state index in [1.54, 1.807) is 32.4 Å². The van der Waals surface area contributed by atoms with Gasteiger partial charge in [0.1, 0.15) is 18.2 Å². The maximum absolute atomic E-state index is 13.8. The van der Waals surface area contributed by atoms with Gasteiger partial charge in [0.05, 0.1) is 12.5 Å². The molecule has 9 heteroatoms. The molecule has 0 heterocycles. The van der Waals surface area contributed by atoms with Crippen LogP contribution in [0.1, 0.15) is 30.9 Å². The molecule has 0 radical (unpaired) electrons. The Morgan fingerprint density at radius 3 is 2.60 bits per heavy atom. The summed E-state index contributed by atoms with van der Waals surface area (Å²) in [6, 6.07) is 9.61. The molecule has 2 aromatic carbocycles. The summed E-state index contributed by atoms with van der Waals surface area (Å²) in [6.45, 7) is 3.16. The van der Waals surface area contributed by atoms with Crippen LogP contribution in [0.5, 0.6) is 17.2 Å². The highest BCUT2D eigenvalue weighted by atomic mass is 32.2. The van der Waals surface area contributed by atoms with Gasteiger partial charge in [0.15, 0.2) is 16.7 Å². The molecule has 0 aliphatic heterocycles. The third-order valence-corrected chi connectivity index (χ3v) is 5.97. The summed E-state index contributed by atoms with van der Waals surface area (Å²) in [5, 5.41) is 6.51. The molecule has 1 unspecified atom stereocenters. The molecule has 192 valence electrons. The molecule has 2 N–H and O–H groups in total. The van der Waals surface area contributed by atoms with E-state index < -0.39 is 5.82 Å². The van der Waals surface area contributed by atoms with Gasteiger partial charge in [-0.3, -0.25) is 9.79 Å². The summed E-state index contributed by atoms with van der Waals surface area (Å²) >= 11 is 1.37. The van der Waals surface area contributed by atoms with Crippen LogP contribution in [0.2, 0.25) is 0 Å². The van der Waals surface area contributed by atoms with Crippen molar-refractivity contribution in [2.24, 2.45) is 4.99 Å². The molecule has 1 atom stereocenters. The molecule has 2 aromatic rings. The molecule has 1 amide bonds. The average Bonchev–Trinajstić information content (AvgIpc) is 2.85. The van der Waals surface area contributed by atoms with E-state index in [4.69, 9.17) is 14.2 Å². The second-order valence-corrected chi connectivity index (χ2v) is 8.69. The number of amidine groups is 1. The first-order valence-electron chi connectivity index (χ1n) is 11.6. The Kier molecular flexibility index (Phi) is 12.6. The van der Waals surface area contributed by atoms with Gasteiger partial charge in [-0.15, -0.1) is 0 Å². The van der Waals surface area contributed by atoms with E-state index in [-0.39, 0.29) is 18.4 Å². The van der Waals surface area contributed by atoms with Crippen LogP contribution in [0.3, 0.4) is 0 Å². The Balaban J connectivity index is 2.43. The van der Waals surface area contributed by atoms with Crippen molar-refractivity contribution in [1.29, 1.82) is 0 Å². The number of nitrogens with zero attached hydrogens (tertiary/aromatic N) is 1. The van der Waals surface area contributed by atoms with Crippen molar-refractivity contribution in [3.05, 3.63) is 53.3 Å². The van der Waals surface area contributed by atoms with Gasteiger partial charge in [0, 0.05) is 20.2 Å². The Bertz CT molecular complexity index is 987. The van der Waals surface area contributed by atoms with Crippen LogP contribution in [0.25, 0.3) is 0 Å². The Morgan fingerprint density at radius 1 is 1.20 bits per heavy atom. The predicted molar refractivity (Wildman–Crippen MR) is 140 cm³/mol. The number of rotatable bonds is 13. The largest absolute Gasteiger partial charge is 0.487 e. The van der Waals surface area contributed by atoms with E-state index in [9.17, 15) is 9.18 Å². The monoisotopic (exact) mass is 505 g/mol. The maximum atomic E-state index is 13.8. The Labute approximate surface area is 211 Å². The minimum atomic E-state index is -0.402. The molecular weight excluding hydrogens is 469 g/mol. The van der Waals surface area contributed by atoms with Crippen LogP contribution in [-0.4, -0.2) is 57.8 Å². The Morgan fingerprint density at radius 2 is 1.97 bits per heavy atom. The number of benzene rings is 2. The summed E-state index contributed by atoms with van der Waals surface area (Å²) in [5.41, 5.74) is 1.75. The number of hydrogen-bond donors (Lipinski definition) is 2. The normalized spacial score (nSPS) is 12.3. The third kappa shape index (κ3) is 9.51. The van der Waals surface area contributed by atoms with Crippen molar-refractivity contribution < 1.29 is 23.4 Å². The van der Waals surface area contributed by atoms with Crippen LogP contribution in [0.4, 0.5) is 4.39 Å². The van der Waals surface area contributed by atoms with E-state index in [1.165, 1.54) is 23.9 Å². The Hall–Kier alpha value is -2.62. The molecule has 0 saturated heterocycles. The van der Waals surface area contributed by atoms with Gasteiger partial charge in [-0.1, -0.05) is 31.2 Å². The first-order chi connectivity index (χ1) is 16.9. The van der Waals surface area contributed by atoms with Crippen molar-refractivity contribution in [2.75, 3.05) is 40.6 Å². The lowest BCUT2D eigenvalue weighted by molar-refractivity contribution is -0.119. The van der Waals surface area contributed by atoms with E-state index in [2.05, 4.69) is 22.5 Å². The second kappa shape index (κ2) is 15.4. The summed E-state index contributed by atoms with van der Waals surface area (Å²) < 4.78 is 31.5. The second-order valence-electron chi connectivity index (χ2n) is 7.90. The van der Waals surface area contributed by atoms with E-state index >= 15 is 0 Å². The minimum Gasteiger partial charge on any atom is -0.487 e. The number of carbonyl (C=O) groups excluding carboxylic acids is 1. The number of hydrogen-bond acceptors (Lipinski definition) is 7. The topological polar surface area (TPSA) is 81.2 Å². The summed E-state index contributed by atoms with van der Waals surface area (Å²) in [4.78, 5) is 16.8. The summed E-state index contributed by atoms with van der Waals surface area (Å²) in [5.74, 6) is 0.683. The number of thioether (sulfide) groups is 1. The molecule has 0 bridgehead atoms. The smallest absolute Gasteiger partial charge is 0.230 e. The van der Waals surface area contributed by atoms with Crippen molar-refractivity contribution in [3.8, 4) is 17.2 Å². The lowest BCUT2D eigenvalue weighted by atomic mass is 10.00. The number of amides is 1. The standard InChI is InChI=1S/C26H36FN3O4S/c1-6-8-22(32-4)17-33-23-13-18(11-12-28-2)19(15-25(31)30-26(29-3)35-5)14-24(23)34-21-10-7-9-20(27)16-21/h7,9-10,13-14,16,22,28H,6,8,11-12,15,17H2,1-5H3,(H,29,30,31). The van der Waals surface area contributed by atoms with Crippen LogP contribution in [0, 0.1) is 5.82 Å². The lowest BCUT2D eigenvalue weighted by Gasteiger charge is -2.20. The van der Waals surface area contributed by atoms with Crippen molar-refractivity contribution >= 4 is 22.8 Å². The zero-order chi connectivity index (χ0) is 25.6. The number of likely N-dealkylation sites (N-methyl/N-ethyl adjacent to an activating group) is 1. The molecule has 35 heavy (non-hydrogen) atoms. The van der Waals surface area contributed by atoms with Crippen LogP contribution < -0.4 is 20.1 Å². The number of nitrogens with one attached hydrogen (secondary N) is 2. The van der Waals surface area contributed by atoms with Gasteiger partial charge in [-0.05, 0) is 68.1 Å². The zero-order valence-corrected chi connectivity index (χ0v) is 22.0. The quantitative estimate of drug-likeness (QED) is 0.306. The number of methoxy groups -OCH3 is 1. The fourth-order valence-corrected chi connectivity index (χ4v) is 3.86. The average molecular weight is 506 g/mol. The fourth-order valence-electron chi connectivity index (χ4n) is 3.46. The summed E-state index contributed by atoms with van der Waals surface area (Å²) in [6.07, 6.45) is 4.44. The first kappa shape index (κ1) is 28.6. The van der Waals surface area contributed by atoms with Crippen LogP contribution in [-0.2, 0) is 22.4 Å². The first-order valence-corrected chi connectivity index (χ1v) is 12.9. The van der Waals surface area contributed by atoms with Gasteiger partial charge < -0.3 is 24.8 Å². The molecule has 0 fully saturated rings. The molecule has 0 aromatic heterocycles. The number of ether oxygens (including phenoxy) is 3. The van der Waals surface area contributed by atoms with Crippen molar-refractivity contribution in [2.45, 2.75) is 38.7 Å². The number of halogens is 1. The summed E-state index contributed by atoms with van der Waals surface area (Å²) in [7, 11) is 5.17. The molecule has 0 aliphatic rings. The van der Waals surface area contributed by atoms with Gasteiger partial charge in [-0.25, -0.2) is 4.39 Å². The van der Waals surface area contributed by atoms with Gasteiger partial charge in [0.2, 0.25) is 5.91 Å². The van der Waals surface area contributed by atoms with Crippen LogP contribution >= 0.6 is 11.8 Å². The highest BCUT2D eigenvalue weighted by molar-refractivity contribution is 8.13. The molecule has 0 aliphatic carbocycles. The molecule has 0 saturated carbocycles. The predicted octanol–water partition coefficient (Wildman–Crippen LogP) is 4.58. The van der Waals surface area contributed by atoms with Gasteiger partial charge in [-0.2, -0.15) is 0 Å². The van der Waals surface area contributed by atoms with E-state index in [0.29, 0.717) is 35.4 Å². The molecule has 0 spiro atoms. The van der Waals surface area contributed by atoms with Gasteiger partial charge >= 0.3 is 0 Å². The SMILES string of the molecule is CCCC(COc1cc(CCNC)c(CC(=O)NC(=NC)SC)cc1Oc1cccc(F)c1)OC. The molecule has 7 nitrogen and oxygen atoms in total. The van der Waals surface area contributed by atoms with E-state index in [0.717, 1.165) is 30.5 Å². The third-order valence-electron chi connectivity index (χ3n) is 5.30. The number of aliphatic imine (C=N–C) groups is 1. The van der Waals surface area contributed by atoms with Crippen LogP contribution in [0.15, 0.2) is 41.4 Å². The maximum Gasteiger partial charge on any atom is 0.230 e. The van der Waals surface area contributed by atoms with Gasteiger partial charge in [0.25, 0.3) is 0 Å². The lowest BCUT2D eigenvalue weighted by Crippen LogP contribution is -2.30. The fraction of sp³-hybridized carbons (Fsp3) is 0.462. The zero-order valence-electron chi connectivity index (χ0n) is 21.2. The van der Waals surface area contributed by atoms with E-state index in [1.807, 2.05) is 19.4 Å². The minimum absolute atomic E-state index is 0.0634. The highest BCUT2D eigenvalue weighted by Crippen LogP contribution is 2.35. The molecular formula is C26H36FN3O4S.